The molecule has 4 heterocycles. The maximum atomic E-state index is 15.6. The van der Waals surface area contributed by atoms with Crippen LogP contribution in [0.4, 0.5) is 0 Å². The zero-order valence-corrected chi connectivity index (χ0v) is 36.4. The number of hydrogen-bond donors (Lipinski definition) is 2. The second kappa shape index (κ2) is 18.3. The SMILES string of the molecule is CCCCCCC(CCCCCC)n1c(O)c2c3nc4ccccc4c3c3c(=O)n(C(CCCCCC)CCCCCC)c(=O)c4c5[nH]c6ccccc6c5c(c1=O)c2c43. The molecule has 0 radical (unpaired) electrons. The standard InChI is InChI=1S/C52H64N4O4/c1-5-9-13-17-25-33(26-18-14-10-6-2)55-49(57)43-39-35-29-21-23-31-37(35)54-48(39)46-42-41(43)45(51(55)59)47-40(36-30-22-24-32-38(36)53-47)44(42)50(58)56(52(46)60)34(27-19-15-11-7-3)28-20-16-12-8-4/h21-24,29-34,53,60H,5-20,25-28H2,1-4H3. The van der Waals surface area contributed by atoms with Gasteiger partial charge >= 0.3 is 0 Å². The molecule has 0 bridgehead atoms. The Labute approximate surface area is 352 Å². The molecule has 0 unspecified atom stereocenters. The van der Waals surface area contributed by atoms with Gasteiger partial charge < -0.3 is 10.1 Å². The van der Waals surface area contributed by atoms with Gasteiger partial charge in [-0.3, -0.25) is 23.5 Å². The van der Waals surface area contributed by atoms with Crippen molar-refractivity contribution in [2.45, 2.75) is 168 Å². The quantitative estimate of drug-likeness (QED) is 0.0523. The van der Waals surface area contributed by atoms with Crippen LogP contribution in [0, 0.1) is 0 Å². The molecule has 0 fully saturated rings. The highest BCUT2D eigenvalue weighted by Gasteiger charge is 2.33. The van der Waals surface area contributed by atoms with Crippen LogP contribution in [-0.4, -0.2) is 24.2 Å². The molecule has 0 saturated carbocycles. The monoisotopic (exact) mass is 808 g/mol. The lowest BCUT2D eigenvalue weighted by atomic mass is 9.89. The summed E-state index contributed by atoms with van der Waals surface area (Å²) in [5.74, 6) is -0.111. The van der Waals surface area contributed by atoms with Gasteiger partial charge in [0, 0.05) is 49.9 Å². The van der Waals surface area contributed by atoms with Crippen LogP contribution in [0.2, 0.25) is 0 Å². The number of para-hydroxylation sites is 2. The number of pyridine rings is 2. The second-order valence-corrected chi connectivity index (χ2v) is 17.7. The summed E-state index contributed by atoms with van der Waals surface area (Å²) >= 11 is 0. The summed E-state index contributed by atoms with van der Waals surface area (Å²) < 4.78 is 3.27. The number of benzene rings is 4. The number of hydrogen-bond acceptors (Lipinski definition) is 5. The highest BCUT2D eigenvalue weighted by atomic mass is 16.3. The summed E-state index contributed by atoms with van der Waals surface area (Å²) in [6.07, 6.45) is 20.0. The number of fused-ring (bicyclic) bond motifs is 10. The summed E-state index contributed by atoms with van der Waals surface area (Å²) in [5, 5.41) is 18.5. The van der Waals surface area contributed by atoms with Crippen LogP contribution < -0.4 is 16.7 Å². The van der Waals surface area contributed by atoms with Crippen LogP contribution in [0.15, 0.2) is 62.9 Å². The summed E-state index contributed by atoms with van der Waals surface area (Å²) in [4.78, 5) is 55.7. The van der Waals surface area contributed by atoms with E-state index in [2.05, 4.69) is 32.7 Å². The minimum atomic E-state index is -0.321. The highest BCUT2D eigenvalue weighted by molar-refractivity contribution is 6.44. The van der Waals surface area contributed by atoms with Crippen molar-refractivity contribution in [2.75, 3.05) is 0 Å². The van der Waals surface area contributed by atoms with Gasteiger partial charge in [-0.25, -0.2) is 4.98 Å². The van der Waals surface area contributed by atoms with E-state index in [0.29, 0.717) is 59.6 Å². The molecule has 2 N–H and O–H groups in total. The van der Waals surface area contributed by atoms with E-state index in [1.165, 1.54) is 0 Å². The van der Waals surface area contributed by atoms with Gasteiger partial charge in [-0.15, -0.1) is 0 Å². The number of nitrogens with one attached hydrogen (secondary N) is 1. The fourth-order valence-corrected chi connectivity index (χ4v) is 10.6. The van der Waals surface area contributed by atoms with E-state index in [1.807, 2.05) is 48.5 Å². The Bertz CT molecular complexity index is 2920. The van der Waals surface area contributed by atoms with Crippen molar-refractivity contribution in [1.82, 2.24) is 19.1 Å². The molecule has 0 aliphatic heterocycles. The lowest BCUT2D eigenvalue weighted by Gasteiger charge is -2.25. The largest absolute Gasteiger partial charge is 0.494 e. The fourth-order valence-electron chi connectivity index (χ4n) is 10.6. The second-order valence-electron chi connectivity index (χ2n) is 17.7. The summed E-state index contributed by atoms with van der Waals surface area (Å²) in [6, 6.07) is 15.3. The molecule has 0 saturated heterocycles. The van der Waals surface area contributed by atoms with Gasteiger partial charge in [0.2, 0.25) is 5.88 Å². The first kappa shape index (κ1) is 41.7. The normalized spacial score (nSPS) is 12.6. The maximum Gasteiger partial charge on any atom is 0.263 e. The minimum Gasteiger partial charge on any atom is -0.494 e. The van der Waals surface area contributed by atoms with E-state index >= 15 is 14.4 Å². The number of aromatic hydroxyl groups is 1. The molecule has 0 atom stereocenters. The Morgan fingerprint density at radius 2 is 0.967 bits per heavy atom. The number of rotatable bonds is 22. The van der Waals surface area contributed by atoms with E-state index in [-0.39, 0.29) is 34.6 Å². The van der Waals surface area contributed by atoms with Gasteiger partial charge in [-0.05, 0) is 37.8 Å². The summed E-state index contributed by atoms with van der Waals surface area (Å²) in [6.45, 7) is 8.81. The smallest absolute Gasteiger partial charge is 0.263 e. The summed E-state index contributed by atoms with van der Waals surface area (Å²) in [7, 11) is 0. The molecule has 316 valence electrons. The van der Waals surface area contributed by atoms with Gasteiger partial charge in [0.05, 0.1) is 38.1 Å². The Morgan fingerprint density at radius 3 is 1.55 bits per heavy atom. The zero-order chi connectivity index (χ0) is 41.9. The van der Waals surface area contributed by atoms with Crippen LogP contribution in [0.5, 0.6) is 5.88 Å². The van der Waals surface area contributed by atoms with Crippen LogP contribution in [0.1, 0.15) is 168 Å². The van der Waals surface area contributed by atoms with Crippen molar-refractivity contribution in [3.63, 3.8) is 0 Å². The molecule has 8 rings (SSSR count). The van der Waals surface area contributed by atoms with E-state index in [4.69, 9.17) is 4.98 Å². The molecular formula is C52H64N4O4. The van der Waals surface area contributed by atoms with E-state index in [1.54, 1.807) is 9.13 Å². The maximum absolute atomic E-state index is 15.6. The average molecular weight is 809 g/mol. The van der Waals surface area contributed by atoms with E-state index in [9.17, 15) is 5.11 Å². The number of nitrogens with zero attached hydrogens (tertiary/aromatic N) is 3. The predicted molar refractivity (Wildman–Crippen MR) is 253 cm³/mol. The third-order valence-corrected chi connectivity index (χ3v) is 13.6. The third kappa shape index (κ3) is 7.21. The fraction of sp³-hybridized carbons (Fsp3) is 0.500. The molecule has 0 aliphatic carbocycles. The van der Waals surface area contributed by atoms with Gasteiger partial charge in [-0.1, -0.05) is 167 Å². The Balaban J connectivity index is 1.55. The molecule has 8 nitrogen and oxygen atoms in total. The minimum absolute atomic E-state index is 0.111. The van der Waals surface area contributed by atoms with Gasteiger partial charge in [0.15, 0.2) is 0 Å². The van der Waals surface area contributed by atoms with Crippen molar-refractivity contribution in [3.8, 4) is 5.88 Å². The lowest BCUT2D eigenvalue weighted by Crippen LogP contribution is -2.37. The molecule has 0 amide bonds. The topological polar surface area (TPSA) is 110 Å². The van der Waals surface area contributed by atoms with E-state index in [0.717, 1.165) is 145 Å². The molecule has 0 spiro atoms. The number of unbranched alkanes of at least 4 members (excludes halogenated alkanes) is 12. The third-order valence-electron chi connectivity index (χ3n) is 13.6. The van der Waals surface area contributed by atoms with Crippen molar-refractivity contribution >= 4 is 75.9 Å². The molecule has 4 aromatic carbocycles. The Morgan fingerprint density at radius 1 is 0.500 bits per heavy atom. The molecule has 0 aliphatic rings. The van der Waals surface area contributed by atoms with Crippen molar-refractivity contribution in [3.05, 3.63) is 79.6 Å². The molecule has 60 heavy (non-hydrogen) atoms. The lowest BCUT2D eigenvalue weighted by molar-refractivity contribution is 0.334. The van der Waals surface area contributed by atoms with Crippen molar-refractivity contribution < 1.29 is 5.11 Å². The zero-order valence-electron chi connectivity index (χ0n) is 36.4. The molecule has 8 heteroatoms. The van der Waals surface area contributed by atoms with Crippen molar-refractivity contribution in [1.29, 1.82) is 0 Å². The average Bonchev–Trinajstić information content (AvgIpc) is 3.83. The van der Waals surface area contributed by atoms with Gasteiger partial charge in [0.1, 0.15) is 0 Å². The van der Waals surface area contributed by atoms with Crippen LogP contribution in [0.3, 0.4) is 0 Å². The predicted octanol–water partition coefficient (Wildman–Crippen LogP) is 13.7. The van der Waals surface area contributed by atoms with Crippen LogP contribution >= 0.6 is 0 Å². The van der Waals surface area contributed by atoms with E-state index < -0.39 is 0 Å². The molecule has 8 aromatic rings. The first-order chi connectivity index (χ1) is 29.4. The Hall–Kier alpha value is -4.98. The highest BCUT2D eigenvalue weighted by Crippen LogP contribution is 2.48. The number of aromatic amines is 1. The van der Waals surface area contributed by atoms with Crippen LogP contribution in [0.25, 0.3) is 75.9 Å². The first-order valence-corrected chi connectivity index (χ1v) is 23.6. The molecular weight excluding hydrogens is 745 g/mol. The Kier molecular flexibility index (Phi) is 12.8. The van der Waals surface area contributed by atoms with Crippen LogP contribution in [-0.2, 0) is 0 Å². The van der Waals surface area contributed by atoms with Gasteiger partial charge in [0.25, 0.3) is 16.7 Å². The summed E-state index contributed by atoms with van der Waals surface area (Å²) in [5.41, 5.74) is 1.73. The van der Waals surface area contributed by atoms with Gasteiger partial charge in [-0.2, -0.15) is 0 Å². The molecule has 4 aromatic heterocycles. The van der Waals surface area contributed by atoms with Crippen molar-refractivity contribution in [2.24, 2.45) is 0 Å². The first-order valence-electron chi connectivity index (χ1n) is 23.6. The number of H-pyrrole nitrogens is 1. The number of aromatic nitrogens is 4.